The lowest BCUT2D eigenvalue weighted by molar-refractivity contribution is -0.139. The van der Waals surface area contributed by atoms with Crippen LogP contribution in [0, 0.1) is 0 Å². The minimum Gasteiger partial charge on any atom is -0.480 e. The second kappa shape index (κ2) is 29.3. The Morgan fingerprint density at radius 2 is 1.27 bits per heavy atom. The summed E-state index contributed by atoms with van der Waals surface area (Å²) >= 11 is 0. The molecule has 256 valence electrons. The predicted molar refractivity (Wildman–Crippen MR) is 159 cm³/mol. The van der Waals surface area contributed by atoms with E-state index in [-0.39, 0.29) is 0 Å². The van der Waals surface area contributed by atoms with Gasteiger partial charge in [0, 0.05) is 20.2 Å². The Kier molecular flexibility index (Phi) is 26.3. The molecule has 1 heterocycles. The molecule has 0 aliphatic carbocycles. The number of nitrogens with zero attached hydrogens (tertiary/aromatic N) is 3. The Balaban J connectivity index is 1.82. The summed E-state index contributed by atoms with van der Waals surface area (Å²) in [7, 11) is 1.64. The molecule has 1 atom stereocenters. The molecule has 3 N–H and O–H groups in total. The summed E-state index contributed by atoms with van der Waals surface area (Å²) in [6.07, 6.45) is 4.72. The van der Waals surface area contributed by atoms with Crippen molar-refractivity contribution in [2.24, 2.45) is 0 Å². The van der Waals surface area contributed by atoms with Gasteiger partial charge >= 0.3 is 12.0 Å². The van der Waals surface area contributed by atoms with Crippen molar-refractivity contribution in [1.29, 1.82) is 0 Å². The Labute approximate surface area is 260 Å². The van der Waals surface area contributed by atoms with Gasteiger partial charge in [0.25, 0.3) is 0 Å². The number of unbranched alkanes of at least 4 members (excludes halogenated alkanes) is 2. The number of hydrogen-bond donors (Lipinski definition) is 3. The fourth-order valence-electron chi connectivity index (χ4n) is 3.48. The molecule has 0 saturated carbocycles. The molecule has 16 heteroatoms. The van der Waals surface area contributed by atoms with E-state index in [1.807, 2.05) is 6.20 Å². The highest BCUT2D eigenvalue weighted by atomic mass is 16.6. The average Bonchev–Trinajstić information content (AvgIpc) is 3.47. The van der Waals surface area contributed by atoms with Crippen LogP contribution in [-0.4, -0.2) is 144 Å². The maximum atomic E-state index is 11.7. The molecule has 0 aliphatic rings. The molecule has 0 spiro atoms. The van der Waals surface area contributed by atoms with Gasteiger partial charge in [0.15, 0.2) is 0 Å². The number of aliphatic carboxylic acids is 1. The number of carbonyl (C=O) groups excluding carboxylic acids is 1. The van der Waals surface area contributed by atoms with Gasteiger partial charge < -0.3 is 53.6 Å². The van der Waals surface area contributed by atoms with E-state index in [0.717, 1.165) is 25.0 Å². The molecular formula is C28H53N5O11. The van der Waals surface area contributed by atoms with Gasteiger partial charge in [0.1, 0.15) is 11.7 Å². The first kappa shape index (κ1) is 39.6. The van der Waals surface area contributed by atoms with Gasteiger partial charge in [-0.15, -0.1) is 5.10 Å². The number of rotatable bonds is 32. The molecule has 1 rings (SSSR count). The highest BCUT2D eigenvalue weighted by Gasteiger charge is 2.16. The van der Waals surface area contributed by atoms with Gasteiger partial charge in [0.05, 0.1) is 105 Å². The largest absolute Gasteiger partial charge is 0.480 e. The molecule has 0 aliphatic heterocycles. The zero-order valence-electron chi connectivity index (χ0n) is 26.4. The Bertz CT molecular complexity index is 819. The summed E-state index contributed by atoms with van der Waals surface area (Å²) in [6.45, 7) is 10.4. The summed E-state index contributed by atoms with van der Waals surface area (Å²) in [6, 6.07) is -1.34. The SMILES string of the molecule is CC[C@@H](NC(=O)NCCCCCn1cc(COCCOCCOCCOCCOCCOCCOCCOC)nn1)C(=O)O. The van der Waals surface area contributed by atoms with Crippen molar-refractivity contribution in [3.05, 3.63) is 11.9 Å². The first-order valence-electron chi connectivity index (χ1n) is 15.3. The van der Waals surface area contributed by atoms with Crippen LogP contribution in [-0.2, 0) is 55.8 Å². The standard InChI is InChI=1S/C28H53N5O11/c1-3-26(27(34)35)30-28(36)29-7-5-4-6-8-33-23-25(31-32-33)24-44-22-21-43-20-19-42-18-17-41-16-15-40-14-13-39-12-11-38-10-9-37-2/h23,26H,3-22,24H2,1-2H3,(H,34,35)(H2,29,30,36)/t26-/m1/s1. The number of methoxy groups -OCH3 is 1. The summed E-state index contributed by atoms with van der Waals surface area (Å²) in [5, 5.41) is 22.3. The van der Waals surface area contributed by atoms with E-state index in [1.165, 1.54) is 0 Å². The third-order valence-corrected chi connectivity index (χ3v) is 5.86. The third kappa shape index (κ3) is 23.9. The summed E-state index contributed by atoms with van der Waals surface area (Å²) in [5.74, 6) is -1.04. The number of carboxylic acid groups (broad SMARTS) is 1. The number of urea groups is 1. The van der Waals surface area contributed by atoms with Crippen LogP contribution in [0.5, 0.6) is 0 Å². The summed E-state index contributed by atoms with van der Waals surface area (Å²) in [4.78, 5) is 22.7. The van der Waals surface area contributed by atoms with Crippen LogP contribution < -0.4 is 10.6 Å². The van der Waals surface area contributed by atoms with Crippen LogP contribution in [0.2, 0.25) is 0 Å². The van der Waals surface area contributed by atoms with Crippen molar-refractivity contribution < 1.29 is 52.6 Å². The fraction of sp³-hybridized carbons (Fsp3) is 0.857. The van der Waals surface area contributed by atoms with E-state index < -0.39 is 18.0 Å². The van der Waals surface area contributed by atoms with Gasteiger partial charge in [-0.2, -0.15) is 0 Å². The molecule has 1 aromatic rings. The van der Waals surface area contributed by atoms with E-state index in [0.29, 0.717) is 119 Å². The van der Waals surface area contributed by atoms with Crippen molar-refractivity contribution in [2.75, 3.05) is 106 Å². The van der Waals surface area contributed by atoms with Crippen LogP contribution in [0.4, 0.5) is 4.79 Å². The molecule has 0 bridgehead atoms. The summed E-state index contributed by atoms with van der Waals surface area (Å²) in [5.41, 5.74) is 0.744. The zero-order valence-corrected chi connectivity index (χ0v) is 26.4. The average molecular weight is 636 g/mol. The minimum atomic E-state index is -1.04. The van der Waals surface area contributed by atoms with Crippen LogP contribution >= 0.6 is 0 Å². The minimum absolute atomic E-state index is 0.332. The van der Waals surface area contributed by atoms with Crippen molar-refractivity contribution >= 4 is 12.0 Å². The van der Waals surface area contributed by atoms with Gasteiger partial charge in [-0.25, -0.2) is 9.59 Å². The van der Waals surface area contributed by atoms with Gasteiger partial charge in [-0.05, 0) is 25.7 Å². The number of carboxylic acids is 1. The molecule has 2 amide bonds. The highest BCUT2D eigenvalue weighted by Crippen LogP contribution is 2.01. The van der Waals surface area contributed by atoms with E-state index in [4.69, 9.17) is 43.0 Å². The topological polar surface area (TPSA) is 183 Å². The molecule has 0 radical (unpaired) electrons. The lowest BCUT2D eigenvalue weighted by atomic mass is 10.2. The van der Waals surface area contributed by atoms with Gasteiger partial charge in [-0.1, -0.05) is 12.1 Å². The van der Waals surface area contributed by atoms with Crippen molar-refractivity contribution in [3.8, 4) is 0 Å². The van der Waals surface area contributed by atoms with Crippen LogP contribution in [0.3, 0.4) is 0 Å². The van der Waals surface area contributed by atoms with E-state index in [9.17, 15) is 9.59 Å². The monoisotopic (exact) mass is 635 g/mol. The Morgan fingerprint density at radius 1 is 0.773 bits per heavy atom. The quantitative estimate of drug-likeness (QED) is 0.0949. The van der Waals surface area contributed by atoms with Crippen molar-refractivity contribution in [1.82, 2.24) is 25.6 Å². The number of carbonyl (C=O) groups is 2. The normalized spacial score (nSPS) is 12.0. The number of hydrogen-bond acceptors (Lipinski definition) is 12. The second-order valence-electron chi connectivity index (χ2n) is 9.45. The maximum absolute atomic E-state index is 11.7. The van der Waals surface area contributed by atoms with E-state index in [1.54, 1.807) is 18.7 Å². The van der Waals surface area contributed by atoms with E-state index >= 15 is 0 Å². The first-order chi connectivity index (χ1) is 21.6. The van der Waals surface area contributed by atoms with Gasteiger partial charge in [-0.3, -0.25) is 4.68 Å². The maximum Gasteiger partial charge on any atom is 0.326 e. The molecule has 0 unspecified atom stereocenters. The second-order valence-corrected chi connectivity index (χ2v) is 9.45. The number of aromatic nitrogens is 3. The number of ether oxygens (including phenoxy) is 8. The molecular weight excluding hydrogens is 582 g/mol. The Morgan fingerprint density at radius 3 is 1.75 bits per heavy atom. The number of nitrogens with one attached hydrogen (secondary N) is 2. The van der Waals surface area contributed by atoms with Gasteiger partial charge in [0.2, 0.25) is 0 Å². The molecule has 16 nitrogen and oxygen atoms in total. The lowest BCUT2D eigenvalue weighted by Crippen LogP contribution is -2.45. The zero-order chi connectivity index (χ0) is 31.9. The fourth-order valence-corrected chi connectivity index (χ4v) is 3.48. The lowest BCUT2D eigenvalue weighted by Gasteiger charge is -2.13. The van der Waals surface area contributed by atoms with E-state index in [2.05, 4.69) is 20.9 Å². The van der Waals surface area contributed by atoms with Crippen LogP contribution in [0.1, 0.15) is 38.3 Å². The molecule has 0 aromatic carbocycles. The van der Waals surface area contributed by atoms with Crippen molar-refractivity contribution in [3.63, 3.8) is 0 Å². The van der Waals surface area contributed by atoms with Crippen LogP contribution in [0.15, 0.2) is 6.20 Å². The first-order valence-corrected chi connectivity index (χ1v) is 15.3. The molecule has 0 saturated heterocycles. The molecule has 0 fully saturated rings. The summed E-state index contributed by atoms with van der Waals surface area (Å²) < 4.78 is 44.8. The van der Waals surface area contributed by atoms with Crippen LogP contribution in [0.25, 0.3) is 0 Å². The highest BCUT2D eigenvalue weighted by molar-refractivity contribution is 5.82. The third-order valence-electron chi connectivity index (χ3n) is 5.86. The van der Waals surface area contributed by atoms with Crippen molar-refractivity contribution in [2.45, 2.75) is 51.8 Å². The molecule has 1 aromatic heterocycles. The Hall–Kier alpha value is -2.44. The number of aryl methyl sites for hydroxylation is 1. The number of amides is 2. The smallest absolute Gasteiger partial charge is 0.326 e. The predicted octanol–water partition coefficient (Wildman–Crippen LogP) is 0.873. The molecule has 44 heavy (non-hydrogen) atoms.